The van der Waals surface area contributed by atoms with Crippen molar-refractivity contribution < 1.29 is 18.0 Å². The molecule has 2 aromatic carbocycles. The molecule has 2 heterocycles. The van der Waals surface area contributed by atoms with Crippen molar-refractivity contribution in [2.75, 3.05) is 5.32 Å². The second-order valence-corrected chi connectivity index (χ2v) is 5.51. The Kier molecular flexibility index (Phi) is 4.17. The van der Waals surface area contributed by atoms with Crippen molar-refractivity contribution in [1.82, 2.24) is 20.4 Å². The van der Waals surface area contributed by atoms with E-state index in [0.717, 1.165) is 12.1 Å². The van der Waals surface area contributed by atoms with Gasteiger partial charge in [0.15, 0.2) is 0 Å². The van der Waals surface area contributed by atoms with Crippen LogP contribution in [0.1, 0.15) is 10.4 Å². The van der Waals surface area contributed by atoms with Crippen molar-refractivity contribution in [3.05, 3.63) is 71.9 Å². The summed E-state index contributed by atoms with van der Waals surface area (Å²) in [5.41, 5.74) is 0.589. The molecular formula is C18H11F2N5O2. The van der Waals surface area contributed by atoms with Gasteiger partial charge < -0.3 is 9.73 Å². The number of carbonyl (C=O) groups is 1. The van der Waals surface area contributed by atoms with Crippen molar-refractivity contribution >= 4 is 11.6 Å². The molecule has 9 heteroatoms. The predicted octanol–water partition coefficient (Wildman–Crippen LogP) is 3.66. The van der Waals surface area contributed by atoms with E-state index < -0.39 is 17.5 Å². The van der Waals surface area contributed by atoms with E-state index in [1.807, 2.05) is 0 Å². The van der Waals surface area contributed by atoms with Crippen LogP contribution in [-0.4, -0.2) is 26.3 Å². The lowest BCUT2D eigenvalue weighted by atomic mass is 10.1. The quantitative estimate of drug-likeness (QED) is 0.574. The Balaban J connectivity index is 1.62. The van der Waals surface area contributed by atoms with Crippen molar-refractivity contribution in [2.45, 2.75) is 0 Å². The maximum Gasteiger partial charge on any atom is 0.266 e. The highest BCUT2D eigenvalue weighted by molar-refractivity contribution is 6.04. The highest BCUT2D eigenvalue weighted by Crippen LogP contribution is 2.27. The number of aromatic nitrogens is 4. The molecule has 7 nitrogen and oxygen atoms in total. The van der Waals surface area contributed by atoms with Crippen LogP contribution in [0.25, 0.3) is 23.0 Å². The summed E-state index contributed by atoms with van der Waals surface area (Å²) in [5.74, 6) is -1.82. The fourth-order valence-corrected chi connectivity index (χ4v) is 2.41. The zero-order valence-electron chi connectivity index (χ0n) is 13.6. The van der Waals surface area contributed by atoms with E-state index in [2.05, 4.69) is 25.7 Å². The van der Waals surface area contributed by atoms with E-state index in [1.165, 1.54) is 36.5 Å². The van der Waals surface area contributed by atoms with Gasteiger partial charge in [0.05, 0.1) is 11.3 Å². The molecule has 4 aromatic rings. The number of rotatable bonds is 4. The molecular weight excluding hydrogens is 356 g/mol. The smallest absolute Gasteiger partial charge is 0.266 e. The summed E-state index contributed by atoms with van der Waals surface area (Å²) in [5, 5.41) is 16.6. The number of nitrogens with one attached hydrogen (secondary N) is 2. The Morgan fingerprint density at radius 3 is 2.59 bits per heavy atom. The highest BCUT2D eigenvalue weighted by atomic mass is 19.1. The van der Waals surface area contributed by atoms with Gasteiger partial charge in [-0.25, -0.2) is 8.78 Å². The van der Waals surface area contributed by atoms with Crippen LogP contribution in [0.4, 0.5) is 14.5 Å². The number of H-pyrrole nitrogens is 1. The van der Waals surface area contributed by atoms with Gasteiger partial charge in [0.1, 0.15) is 17.3 Å². The molecule has 1 amide bonds. The first-order chi connectivity index (χ1) is 13.1. The third kappa shape index (κ3) is 3.30. The molecule has 0 unspecified atom stereocenters. The molecule has 0 atom stereocenters. The molecule has 0 aliphatic heterocycles. The van der Waals surface area contributed by atoms with Crippen LogP contribution < -0.4 is 5.32 Å². The number of aromatic amines is 1. The zero-order valence-corrected chi connectivity index (χ0v) is 13.6. The molecule has 0 aliphatic carbocycles. The van der Waals surface area contributed by atoms with Crippen LogP contribution in [0, 0.1) is 11.6 Å². The molecule has 4 rings (SSSR count). The fourth-order valence-electron chi connectivity index (χ4n) is 2.41. The minimum Gasteiger partial charge on any atom is -0.415 e. The molecule has 0 saturated carbocycles. The first kappa shape index (κ1) is 16.6. The molecule has 0 spiro atoms. The number of nitrogens with zero attached hydrogens (tertiary/aromatic N) is 3. The van der Waals surface area contributed by atoms with E-state index >= 15 is 0 Å². The van der Waals surface area contributed by atoms with Crippen LogP contribution in [0.5, 0.6) is 0 Å². The van der Waals surface area contributed by atoms with Crippen LogP contribution >= 0.6 is 0 Å². The van der Waals surface area contributed by atoms with Crippen molar-refractivity contribution in [3.8, 4) is 23.0 Å². The van der Waals surface area contributed by atoms with Gasteiger partial charge in [-0.05, 0) is 36.4 Å². The first-order valence-electron chi connectivity index (χ1n) is 7.81. The van der Waals surface area contributed by atoms with Gasteiger partial charge in [0.25, 0.3) is 11.8 Å². The van der Waals surface area contributed by atoms with E-state index in [4.69, 9.17) is 4.42 Å². The van der Waals surface area contributed by atoms with E-state index in [0.29, 0.717) is 11.3 Å². The fraction of sp³-hybridized carbons (Fsp3) is 0. The van der Waals surface area contributed by atoms with Gasteiger partial charge in [-0.1, -0.05) is 12.1 Å². The molecule has 0 saturated heterocycles. The standard InChI is InChI=1S/C18H11F2N5O2/c19-12-4-2-1-3-11(12)16(26)22-15-9-10(5-6-13(15)20)17-24-25-18(27-17)14-7-8-21-23-14/h1-9H,(H,21,23)(H,22,26). The van der Waals surface area contributed by atoms with Crippen molar-refractivity contribution in [3.63, 3.8) is 0 Å². The highest BCUT2D eigenvalue weighted by Gasteiger charge is 2.16. The second kappa shape index (κ2) is 6.79. The lowest BCUT2D eigenvalue weighted by Gasteiger charge is -2.08. The van der Waals surface area contributed by atoms with E-state index in [-0.39, 0.29) is 23.0 Å². The van der Waals surface area contributed by atoms with Crippen LogP contribution in [-0.2, 0) is 0 Å². The average Bonchev–Trinajstić information content (AvgIpc) is 3.35. The number of benzene rings is 2. The van der Waals surface area contributed by atoms with Gasteiger partial charge in [0, 0.05) is 11.8 Å². The summed E-state index contributed by atoms with van der Waals surface area (Å²) in [6.45, 7) is 0. The number of halogens is 2. The van der Waals surface area contributed by atoms with Gasteiger partial charge in [-0.2, -0.15) is 5.10 Å². The molecule has 2 aromatic heterocycles. The topological polar surface area (TPSA) is 96.7 Å². The largest absolute Gasteiger partial charge is 0.415 e. The van der Waals surface area contributed by atoms with E-state index in [9.17, 15) is 13.6 Å². The minimum absolute atomic E-state index is 0.126. The summed E-state index contributed by atoms with van der Waals surface area (Å²) in [6, 6.07) is 11.0. The molecule has 0 fully saturated rings. The molecule has 134 valence electrons. The van der Waals surface area contributed by atoms with Gasteiger partial charge in [-0.15, -0.1) is 10.2 Å². The Hall–Kier alpha value is -3.88. The maximum absolute atomic E-state index is 14.1. The van der Waals surface area contributed by atoms with E-state index in [1.54, 1.807) is 6.07 Å². The average molecular weight is 367 g/mol. The molecule has 0 radical (unpaired) electrons. The number of hydrogen-bond donors (Lipinski definition) is 2. The van der Waals surface area contributed by atoms with Gasteiger partial charge >= 0.3 is 0 Å². The van der Waals surface area contributed by atoms with Gasteiger partial charge in [0.2, 0.25) is 5.89 Å². The SMILES string of the molecule is O=C(Nc1cc(-c2nnc(-c3ccn[nH]3)o2)ccc1F)c1ccccc1F. The summed E-state index contributed by atoms with van der Waals surface area (Å²) in [7, 11) is 0. The Labute approximate surface area is 151 Å². The number of hydrogen-bond acceptors (Lipinski definition) is 5. The van der Waals surface area contributed by atoms with Gasteiger partial charge in [-0.3, -0.25) is 9.89 Å². The summed E-state index contributed by atoms with van der Waals surface area (Å²) < 4.78 is 33.4. The number of anilines is 1. The van der Waals surface area contributed by atoms with Crippen LogP contribution in [0.3, 0.4) is 0 Å². The summed E-state index contributed by atoms with van der Waals surface area (Å²) in [4.78, 5) is 12.2. The zero-order chi connectivity index (χ0) is 18.8. The maximum atomic E-state index is 14.1. The third-order valence-electron chi connectivity index (χ3n) is 3.74. The number of carbonyl (C=O) groups excluding carboxylic acids is 1. The third-order valence-corrected chi connectivity index (χ3v) is 3.74. The number of amides is 1. The first-order valence-corrected chi connectivity index (χ1v) is 7.81. The minimum atomic E-state index is -0.771. The van der Waals surface area contributed by atoms with Crippen molar-refractivity contribution in [2.24, 2.45) is 0 Å². The Bertz CT molecular complexity index is 1110. The lowest BCUT2D eigenvalue weighted by molar-refractivity contribution is 0.102. The lowest BCUT2D eigenvalue weighted by Crippen LogP contribution is -2.14. The molecule has 0 aliphatic rings. The monoisotopic (exact) mass is 367 g/mol. The summed E-state index contributed by atoms with van der Waals surface area (Å²) in [6.07, 6.45) is 1.54. The summed E-state index contributed by atoms with van der Waals surface area (Å²) >= 11 is 0. The normalized spacial score (nSPS) is 10.7. The Morgan fingerprint density at radius 1 is 1.00 bits per heavy atom. The van der Waals surface area contributed by atoms with Crippen molar-refractivity contribution in [1.29, 1.82) is 0 Å². The van der Waals surface area contributed by atoms with Crippen LogP contribution in [0.15, 0.2) is 59.1 Å². The molecule has 27 heavy (non-hydrogen) atoms. The Morgan fingerprint density at radius 2 is 1.81 bits per heavy atom. The predicted molar refractivity (Wildman–Crippen MR) is 91.6 cm³/mol. The van der Waals surface area contributed by atoms with Crippen LogP contribution in [0.2, 0.25) is 0 Å². The second-order valence-electron chi connectivity index (χ2n) is 5.51. The molecule has 0 bridgehead atoms. The molecule has 2 N–H and O–H groups in total.